The molecule has 112 valence electrons. The highest BCUT2D eigenvalue weighted by molar-refractivity contribution is 7.88. The van der Waals surface area contributed by atoms with Crippen molar-refractivity contribution in [2.24, 2.45) is 0 Å². The Labute approximate surface area is 126 Å². The molecule has 20 heavy (non-hydrogen) atoms. The molecule has 1 aliphatic rings. The normalized spacial score (nSPS) is 20.4. The van der Waals surface area contributed by atoms with E-state index in [0.29, 0.717) is 17.6 Å². The number of hydrogen-bond donors (Lipinski definition) is 1. The maximum atomic E-state index is 12.0. The van der Waals surface area contributed by atoms with Crippen LogP contribution >= 0.6 is 11.6 Å². The molecule has 1 atom stereocenters. The minimum absolute atomic E-state index is 0.00464. The van der Waals surface area contributed by atoms with Gasteiger partial charge in [0, 0.05) is 17.6 Å². The van der Waals surface area contributed by atoms with Gasteiger partial charge in [-0.15, -0.1) is 0 Å². The summed E-state index contributed by atoms with van der Waals surface area (Å²) in [5, 5.41) is 0.614. The Morgan fingerprint density at radius 2 is 2.05 bits per heavy atom. The maximum Gasteiger partial charge on any atom is 0.215 e. The van der Waals surface area contributed by atoms with Crippen molar-refractivity contribution in [1.29, 1.82) is 0 Å². The lowest BCUT2D eigenvalue weighted by atomic mass is 10.1. The predicted octanol–water partition coefficient (Wildman–Crippen LogP) is 2.24. The number of hydrogen-bond acceptors (Lipinski definition) is 3. The lowest BCUT2D eigenvalue weighted by Crippen LogP contribution is -2.32. The van der Waals surface area contributed by atoms with Crippen LogP contribution in [0.25, 0.3) is 0 Å². The van der Waals surface area contributed by atoms with E-state index in [9.17, 15) is 8.42 Å². The third-order valence-electron chi connectivity index (χ3n) is 3.74. The van der Waals surface area contributed by atoms with Gasteiger partial charge in [0.2, 0.25) is 10.0 Å². The maximum absolute atomic E-state index is 12.0. The highest BCUT2D eigenvalue weighted by Gasteiger charge is 2.21. The summed E-state index contributed by atoms with van der Waals surface area (Å²) in [6, 6.07) is 7.41. The molecule has 1 fully saturated rings. The number of halogens is 1. The predicted molar refractivity (Wildman–Crippen MR) is 82.3 cm³/mol. The summed E-state index contributed by atoms with van der Waals surface area (Å²) in [5.74, 6) is 0.00464. The first-order valence-electron chi connectivity index (χ1n) is 6.88. The molecular formula is C14H21ClN2O2S. The highest BCUT2D eigenvalue weighted by atomic mass is 35.5. The molecule has 0 radical (unpaired) electrons. The van der Waals surface area contributed by atoms with Crippen LogP contribution in [0.2, 0.25) is 5.02 Å². The van der Waals surface area contributed by atoms with E-state index in [1.54, 1.807) is 24.3 Å². The fourth-order valence-corrected chi connectivity index (χ4v) is 3.86. The Bertz CT molecular complexity index is 531. The van der Waals surface area contributed by atoms with Crippen molar-refractivity contribution in [3.05, 3.63) is 34.9 Å². The lowest BCUT2D eigenvalue weighted by Gasteiger charge is -2.19. The Balaban J connectivity index is 1.80. The minimum Gasteiger partial charge on any atom is -0.303 e. The van der Waals surface area contributed by atoms with Crippen molar-refractivity contribution in [2.75, 3.05) is 20.1 Å². The minimum atomic E-state index is -3.27. The molecule has 0 aliphatic carbocycles. The van der Waals surface area contributed by atoms with Gasteiger partial charge in [0.05, 0.1) is 5.75 Å². The molecule has 2 rings (SSSR count). The van der Waals surface area contributed by atoms with Crippen molar-refractivity contribution in [3.8, 4) is 0 Å². The van der Waals surface area contributed by atoms with E-state index in [2.05, 4.69) is 16.7 Å². The van der Waals surface area contributed by atoms with E-state index in [4.69, 9.17) is 11.6 Å². The number of likely N-dealkylation sites (tertiary alicyclic amines) is 1. The average molecular weight is 317 g/mol. The zero-order valence-electron chi connectivity index (χ0n) is 11.7. The van der Waals surface area contributed by atoms with E-state index >= 15 is 0 Å². The van der Waals surface area contributed by atoms with Crippen LogP contribution in [-0.4, -0.2) is 39.5 Å². The molecule has 1 heterocycles. The second kappa shape index (κ2) is 6.89. The molecule has 0 amide bonds. The van der Waals surface area contributed by atoms with E-state index in [1.165, 1.54) is 6.42 Å². The molecule has 6 heteroatoms. The smallest absolute Gasteiger partial charge is 0.215 e. The molecule has 1 aliphatic heterocycles. The average Bonchev–Trinajstić information content (AvgIpc) is 2.78. The Morgan fingerprint density at radius 3 is 2.65 bits per heavy atom. The SMILES string of the molecule is CN1CCC[C@H]1CCNS(=O)(=O)Cc1ccc(Cl)cc1. The second-order valence-corrected chi connectivity index (χ2v) is 7.59. The first-order chi connectivity index (χ1) is 9.46. The molecule has 1 aromatic carbocycles. The fourth-order valence-electron chi connectivity index (χ4n) is 2.58. The van der Waals surface area contributed by atoms with Crippen LogP contribution in [0.4, 0.5) is 0 Å². The summed E-state index contributed by atoms with van der Waals surface area (Å²) in [5.41, 5.74) is 0.750. The third-order valence-corrected chi connectivity index (χ3v) is 5.35. The summed E-state index contributed by atoms with van der Waals surface area (Å²) in [6.45, 7) is 1.62. The summed E-state index contributed by atoms with van der Waals surface area (Å²) in [7, 11) is -1.17. The summed E-state index contributed by atoms with van der Waals surface area (Å²) in [4.78, 5) is 2.30. The van der Waals surface area contributed by atoms with Gasteiger partial charge in [0.25, 0.3) is 0 Å². The fraction of sp³-hybridized carbons (Fsp3) is 0.571. The quantitative estimate of drug-likeness (QED) is 0.875. The van der Waals surface area contributed by atoms with E-state index in [1.807, 2.05) is 0 Å². The first-order valence-corrected chi connectivity index (χ1v) is 8.91. The summed E-state index contributed by atoms with van der Waals surface area (Å²) in [6.07, 6.45) is 3.24. The van der Waals surface area contributed by atoms with Crippen LogP contribution in [0.5, 0.6) is 0 Å². The van der Waals surface area contributed by atoms with Crippen LogP contribution in [0, 0.1) is 0 Å². The molecule has 0 unspecified atom stereocenters. The van der Waals surface area contributed by atoms with Gasteiger partial charge in [-0.25, -0.2) is 13.1 Å². The van der Waals surface area contributed by atoms with E-state index in [-0.39, 0.29) is 5.75 Å². The summed E-state index contributed by atoms with van der Waals surface area (Å²) >= 11 is 5.78. The van der Waals surface area contributed by atoms with Crippen LogP contribution in [0.1, 0.15) is 24.8 Å². The van der Waals surface area contributed by atoms with Crippen molar-refractivity contribution in [3.63, 3.8) is 0 Å². The topological polar surface area (TPSA) is 49.4 Å². The number of rotatable bonds is 6. The van der Waals surface area contributed by atoms with Gasteiger partial charge in [-0.1, -0.05) is 23.7 Å². The second-order valence-electron chi connectivity index (χ2n) is 5.35. The standard InChI is InChI=1S/C14H21ClN2O2S/c1-17-10-2-3-14(17)8-9-16-20(18,19)11-12-4-6-13(15)7-5-12/h4-7,14,16H,2-3,8-11H2,1H3/t14-/m0/s1. The van der Waals surface area contributed by atoms with Crippen molar-refractivity contribution in [1.82, 2.24) is 9.62 Å². The molecule has 0 spiro atoms. The Kier molecular flexibility index (Phi) is 5.43. The molecule has 0 aromatic heterocycles. The van der Waals surface area contributed by atoms with Gasteiger partial charge >= 0.3 is 0 Å². The number of nitrogens with one attached hydrogen (secondary N) is 1. The van der Waals surface area contributed by atoms with Gasteiger partial charge in [0.1, 0.15) is 0 Å². The molecule has 0 bridgehead atoms. The van der Waals surface area contributed by atoms with Gasteiger partial charge in [-0.05, 0) is 50.6 Å². The largest absolute Gasteiger partial charge is 0.303 e. The molecule has 1 aromatic rings. The zero-order chi connectivity index (χ0) is 14.6. The van der Waals surface area contributed by atoms with Gasteiger partial charge in [-0.3, -0.25) is 0 Å². The number of benzene rings is 1. The van der Waals surface area contributed by atoms with Crippen molar-refractivity contribution < 1.29 is 8.42 Å². The molecule has 1 N–H and O–H groups in total. The lowest BCUT2D eigenvalue weighted by molar-refractivity contribution is 0.297. The summed E-state index contributed by atoms with van der Waals surface area (Å²) < 4.78 is 26.6. The molecule has 0 saturated carbocycles. The Hall–Kier alpha value is -0.620. The first kappa shape index (κ1) is 15.8. The van der Waals surface area contributed by atoms with Crippen molar-refractivity contribution >= 4 is 21.6 Å². The molecule has 4 nitrogen and oxygen atoms in total. The van der Waals surface area contributed by atoms with Crippen LogP contribution < -0.4 is 4.72 Å². The zero-order valence-corrected chi connectivity index (χ0v) is 13.3. The molecule has 1 saturated heterocycles. The van der Waals surface area contributed by atoms with Gasteiger partial charge < -0.3 is 4.90 Å². The van der Waals surface area contributed by atoms with Crippen molar-refractivity contribution in [2.45, 2.75) is 31.1 Å². The Morgan fingerprint density at radius 1 is 1.35 bits per heavy atom. The highest BCUT2D eigenvalue weighted by Crippen LogP contribution is 2.17. The van der Waals surface area contributed by atoms with Crippen LogP contribution in [0.15, 0.2) is 24.3 Å². The monoisotopic (exact) mass is 316 g/mol. The number of nitrogens with zero attached hydrogens (tertiary/aromatic N) is 1. The van der Waals surface area contributed by atoms with Gasteiger partial charge in [-0.2, -0.15) is 0 Å². The van der Waals surface area contributed by atoms with E-state index in [0.717, 1.165) is 24.9 Å². The molecular weight excluding hydrogens is 296 g/mol. The van der Waals surface area contributed by atoms with Crippen LogP contribution in [-0.2, 0) is 15.8 Å². The van der Waals surface area contributed by atoms with Crippen LogP contribution in [0.3, 0.4) is 0 Å². The third kappa shape index (κ3) is 4.74. The van der Waals surface area contributed by atoms with E-state index < -0.39 is 10.0 Å². The van der Waals surface area contributed by atoms with Gasteiger partial charge in [0.15, 0.2) is 0 Å². The number of sulfonamides is 1.